The number of hydrogen-bond acceptors (Lipinski definition) is 3. The molecule has 1 fully saturated rings. The lowest BCUT2D eigenvalue weighted by atomic mass is 9.89. The summed E-state index contributed by atoms with van der Waals surface area (Å²) in [4.78, 5) is 28.8. The standard InChI is InChI=1S/C18H15F3N2O3/c19-18(20,21)15-7-6-12(8-22-15)16(24)23-9-13(14(10-23)17(25)26)11-4-2-1-3-5-11/h1-8,13-14H,9-10H2,(H,25,26). The van der Waals surface area contributed by atoms with Crippen LogP contribution in [0, 0.1) is 5.92 Å². The van der Waals surface area contributed by atoms with Gasteiger partial charge in [0.1, 0.15) is 5.69 Å². The molecule has 26 heavy (non-hydrogen) atoms. The number of aromatic nitrogens is 1. The maximum atomic E-state index is 12.6. The lowest BCUT2D eigenvalue weighted by Crippen LogP contribution is -2.30. The number of hydrogen-bond donors (Lipinski definition) is 1. The Labute approximate surface area is 147 Å². The average Bonchev–Trinajstić information content (AvgIpc) is 3.07. The largest absolute Gasteiger partial charge is 0.481 e. The van der Waals surface area contributed by atoms with Crippen LogP contribution in [0.3, 0.4) is 0 Å². The Hall–Kier alpha value is -2.90. The number of aliphatic carboxylic acids is 1. The van der Waals surface area contributed by atoms with Gasteiger partial charge in [-0.25, -0.2) is 0 Å². The fourth-order valence-corrected chi connectivity index (χ4v) is 3.13. The highest BCUT2D eigenvalue weighted by Gasteiger charge is 2.41. The van der Waals surface area contributed by atoms with Crippen LogP contribution < -0.4 is 0 Å². The molecule has 1 aromatic carbocycles. The number of carbonyl (C=O) groups is 2. The molecule has 0 spiro atoms. The summed E-state index contributed by atoms with van der Waals surface area (Å²) in [6.07, 6.45) is -3.71. The van der Waals surface area contributed by atoms with E-state index in [2.05, 4.69) is 4.98 Å². The van der Waals surface area contributed by atoms with Gasteiger partial charge in [-0.15, -0.1) is 0 Å². The molecule has 3 rings (SSSR count). The number of carboxylic acid groups (broad SMARTS) is 1. The second-order valence-corrected chi connectivity index (χ2v) is 6.10. The topological polar surface area (TPSA) is 70.5 Å². The number of alkyl halides is 3. The van der Waals surface area contributed by atoms with Gasteiger partial charge < -0.3 is 10.0 Å². The first kappa shape index (κ1) is 17.9. The highest BCUT2D eigenvalue weighted by atomic mass is 19.4. The summed E-state index contributed by atoms with van der Waals surface area (Å²) in [6.45, 7) is 0.176. The molecule has 2 aromatic rings. The van der Waals surface area contributed by atoms with E-state index in [0.29, 0.717) is 0 Å². The van der Waals surface area contributed by atoms with E-state index in [-0.39, 0.29) is 24.6 Å². The van der Waals surface area contributed by atoms with E-state index in [4.69, 9.17) is 0 Å². The molecule has 8 heteroatoms. The minimum Gasteiger partial charge on any atom is -0.481 e. The average molecular weight is 364 g/mol. The fourth-order valence-electron chi connectivity index (χ4n) is 3.13. The van der Waals surface area contributed by atoms with Gasteiger partial charge in [-0.1, -0.05) is 30.3 Å². The normalized spacial score (nSPS) is 20.2. The van der Waals surface area contributed by atoms with Gasteiger partial charge in [0.25, 0.3) is 5.91 Å². The van der Waals surface area contributed by atoms with Crippen molar-refractivity contribution in [2.45, 2.75) is 12.1 Å². The van der Waals surface area contributed by atoms with Crippen LogP contribution in [-0.2, 0) is 11.0 Å². The highest BCUT2D eigenvalue weighted by Crippen LogP contribution is 2.34. The molecular formula is C18H15F3N2O3. The molecular weight excluding hydrogens is 349 g/mol. The van der Waals surface area contributed by atoms with E-state index in [9.17, 15) is 27.9 Å². The summed E-state index contributed by atoms with van der Waals surface area (Å²) >= 11 is 0. The van der Waals surface area contributed by atoms with Crippen LogP contribution in [0.4, 0.5) is 13.2 Å². The first-order valence-corrected chi connectivity index (χ1v) is 7.87. The lowest BCUT2D eigenvalue weighted by molar-refractivity contribution is -0.142. The predicted octanol–water partition coefficient (Wildman–Crippen LogP) is 3.04. The van der Waals surface area contributed by atoms with E-state index < -0.39 is 29.7 Å². The number of pyridine rings is 1. The molecule has 2 heterocycles. The van der Waals surface area contributed by atoms with Crippen molar-refractivity contribution in [3.05, 3.63) is 65.5 Å². The Bertz CT molecular complexity index is 807. The number of carbonyl (C=O) groups excluding carboxylic acids is 1. The van der Waals surface area contributed by atoms with Gasteiger partial charge in [-0.3, -0.25) is 14.6 Å². The maximum Gasteiger partial charge on any atom is 0.433 e. The van der Waals surface area contributed by atoms with E-state index in [1.54, 1.807) is 24.3 Å². The van der Waals surface area contributed by atoms with Crippen molar-refractivity contribution in [1.82, 2.24) is 9.88 Å². The van der Waals surface area contributed by atoms with Crippen molar-refractivity contribution in [1.29, 1.82) is 0 Å². The molecule has 2 atom stereocenters. The van der Waals surface area contributed by atoms with Gasteiger partial charge in [0, 0.05) is 25.2 Å². The number of rotatable bonds is 3. The second-order valence-electron chi connectivity index (χ2n) is 6.10. The second kappa shape index (κ2) is 6.78. The molecule has 1 saturated heterocycles. The molecule has 1 aliphatic heterocycles. The Kier molecular flexibility index (Phi) is 4.67. The van der Waals surface area contributed by atoms with Crippen LogP contribution in [-0.4, -0.2) is 40.0 Å². The predicted molar refractivity (Wildman–Crippen MR) is 85.5 cm³/mol. The molecule has 1 N–H and O–H groups in total. The minimum absolute atomic E-state index is 0.00384. The zero-order valence-corrected chi connectivity index (χ0v) is 13.5. The zero-order chi connectivity index (χ0) is 18.9. The van der Waals surface area contributed by atoms with Crippen LogP contribution >= 0.6 is 0 Å². The Balaban J connectivity index is 1.81. The van der Waals surface area contributed by atoms with Crippen molar-refractivity contribution < 1.29 is 27.9 Å². The zero-order valence-electron chi connectivity index (χ0n) is 13.5. The van der Waals surface area contributed by atoms with Crippen molar-refractivity contribution >= 4 is 11.9 Å². The van der Waals surface area contributed by atoms with Crippen LogP contribution in [0.1, 0.15) is 27.5 Å². The molecule has 0 saturated carbocycles. The number of nitrogens with zero attached hydrogens (tertiary/aromatic N) is 2. The molecule has 2 unspecified atom stereocenters. The molecule has 1 aliphatic rings. The van der Waals surface area contributed by atoms with Gasteiger partial charge in [-0.2, -0.15) is 13.2 Å². The summed E-state index contributed by atoms with van der Waals surface area (Å²) < 4.78 is 37.7. The number of benzene rings is 1. The first-order valence-electron chi connectivity index (χ1n) is 7.87. The molecule has 5 nitrogen and oxygen atoms in total. The summed E-state index contributed by atoms with van der Waals surface area (Å²) in [6, 6.07) is 10.8. The molecule has 0 aliphatic carbocycles. The molecule has 1 amide bonds. The fraction of sp³-hybridized carbons (Fsp3) is 0.278. The lowest BCUT2D eigenvalue weighted by Gasteiger charge is -2.17. The Morgan fingerprint density at radius 1 is 1.08 bits per heavy atom. The molecule has 0 radical (unpaired) electrons. The van der Waals surface area contributed by atoms with E-state index >= 15 is 0 Å². The summed E-state index contributed by atoms with van der Waals surface area (Å²) in [5.74, 6) is -2.69. The van der Waals surface area contributed by atoms with E-state index in [0.717, 1.165) is 23.9 Å². The molecule has 136 valence electrons. The van der Waals surface area contributed by atoms with Gasteiger partial charge >= 0.3 is 12.1 Å². The molecule has 0 bridgehead atoms. The number of amides is 1. The third kappa shape index (κ3) is 3.54. The third-order valence-electron chi connectivity index (χ3n) is 4.45. The van der Waals surface area contributed by atoms with E-state index in [1.165, 1.54) is 4.90 Å². The number of likely N-dealkylation sites (tertiary alicyclic amines) is 1. The van der Waals surface area contributed by atoms with Crippen LogP contribution in [0.15, 0.2) is 48.7 Å². The third-order valence-corrected chi connectivity index (χ3v) is 4.45. The van der Waals surface area contributed by atoms with Crippen LogP contribution in [0.5, 0.6) is 0 Å². The summed E-state index contributed by atoms with van der Waals surface area (Å²) in [5.41, 5.74) is -0.280. The number of carboxylic acids is 1. The molecule has 1 aromatic heterocycles. The number of halogens is 3. The van der Waals surface area contributed by atoms with Gasteiger partial charge in [-0.05, 0) is 17.7 Å². The first-order chi connectivity index (χ1) is 12.3. The van der Waals surface area contributed by atoms with Gasteiger partial charge in [0.15, 0.2) is 0 Å². The highest BCUT2D eigenvalue weighted by molar-refractivity contribution is 5.94. The van der Waals surface area contributed by atoms with Crippen molar-refractivity contribution in [2.24, 2.45) is 5.92 Å². The SMILES string of the molecule is O=C(O)C1CN(C(=O)c2ccc(C(F)(F)F)nc2)CC1c1ccccc1. The maximum absolute atomic E-state index is 12.6. The van der Waals surface area contributed by atoms with Crippen LogP contribution in [0.2, 0.25) is 0 Å². The Morgan fingerprint density at radius 3 is 2.31 bits per heavy atom. The van der Waals surface area contributed by atoms with Crippen molar-refractivity contribution in [3.63, 3.8) is 0 Å². The quantitative estimate of drug-likeness (QED) is 0.909. The van der Waals surface area contributed by atoms with Crippen LogP contribution in [0.25, 0.3) is 0 Å². The van der Waals surface area contributed by atoms with Crippen molar-refractivity contribution in [2.75, 3.05) is 13.1 Å². The smallest absolute Gasteiger partial charge is 0.433 e. The van der Waals surface area contributed by atoms with Gasteiger partial charge in [0.2, 0.25) is 0 Å². The monoisotopic (exact) mass is 364 g/mol. The van der Waals surface area contributed by atoms with E-state index in [1.807, 2.05) is 6.07 Å². The summed E-state index contributed by atoms with van der Waals surface area (Å²) in [7, 11) is 0. The Morgan fingerprint density at radius 2 is 1.77 bits per heavy atom. The minimum atomic E-state index is -4.58. The van der Waals surface area contributed by atoms with Gasteiger partial charge in [0.05, 0.1) is 11.5 Å². The van der Waals surface area contributed by atoms with Crippen molar-refractivity contribution in [3.8, 4) is 0 Å². The summed E-state index contributed by atoms with van der Waals surface area (Å²) in [5, 5.41) is 9.47.